The number of nitrogens with one attached hydrogen (secondary N) is 2. The van der Waals surface area contributed by atoms with Crippen LogP contribution in [0.2, 0.25) is 0 Å². The van der Waals surface area contributed by atoms with Gasteiger partial charge in [-0.2, -0.15) is 0 Å². The van der Waals surface area contributed by atoms with E-state index in [2.05, 4.69) is 24.5 Å². The zero-order chi connectivity index (χ0) is 11.8. The Morgan fingerprint density at radius 3 is 3.06 bits per heavy atom. The zero-order valence-electron chi connectivity index (χ0n) is 9.88. The fourth-order valence-corrected chi connectivity index (χ4v) is 2.86. The van der Waals surface area contributed by atoms with Gasteiger partial charge in [0.1, 0.15) is 6.61 Å². The first-order chi connectivity index (χ1) is 7.45. The number of hydrogen-bond donors (Lipinski definition) is 3. The average Bonchev–Trinajstić information content (AvgIpc) is 2.53. The van der Waals surface area contributed by atoms with Gasteiger partial charge in [-0.25, -0.2) is 4.79 Å². The van der Waals surface area contributed by atoms with Crippen molar-refractivity contribution in [1.29, 1.82) is 0 Å². The lowest BCUT2D eigenvalue weighted by Crippen LogP contribution is -2.65. The second-order valence-electron chi connectivity index (χ2n) is 5.53. The molecule has 3 N–H and O–H groups in total. The number of carbonyl (C=O) groups is 1. The molecule has 0 spiro atoms. The third-order valence-electron chi connectivity index (χ3n) is 4.07. The minimum Gasteiger partial charge on any atom is -0.450 e. The lowest BCUT2D eigenvalue weighted by Gasteiger charge is -2.46. The minimum absolute atomic E-state index is 0.0225. The zero-order valence-corrected chi connectivity index (χ0v) is 9.88. The van der Waals surface area contributed by atoms with Gasteiger partial charge in [0.05, 0.1) is 0 Å². The summed E-state index contributed by atoms with van der Waals surface area (Å²) in [7, 11) is 0. The Kier molecular flexibility index (Phi) is 2.84. The van der Waals surface area contributed by atoms with E-state index in [1.807, 2.05) is 0 Å². The lowest BCUT2D eigenvalue weighted by molar-refractivity contribution is 0.0112. The fourth-order valence-electron chi connectivity index (χ4n) is 2.86. The van der Waals surface area contributed by atoms with E-state index >= 15 is 0 Å². The average molecular weight is 228 g/mol. The van der Waals surface area contributed by atoms with E-state index in [9.17, 15) is 4.79 Å². The Morgan fingerprint density at radius 2 is 2.38 bits per heavy atom. The van der Waals surface area contributed by atoms with E-state index in [1.54, 1.807) is 0 Å². The molecule has 2 aliphatic rings. The Balaban J connectivity index is 2.06. The van der Waals surface area contributed by atoms with Crippen LogP contribution in [0.4, 0.5) is 4.79 Å². The fraction of sp³-hybridized carbons (Fsp3) is 0.909. The van der Waals surface area contributed by atoms with Gasteiger partial charge in [0.2, 0.25) is 0 Å². The van der Waals surface area contributed by atoms with Crippen LogP contribution in [0.3, 0.4) is 0 Å². The standard InChI is InChI=1S/C11H20N2O3/c1-10(2,7-16-9(14)15)11-4-3-8(13-11)5-12-6-11/h8,12-13H,3-7H2,1-2H3,(H,14,15). The topological polar surface area (TPSA) is 70.6 Å². The molecule has 2 atom stereocenters. The third-order valence-corrected chi connectivity index (χ3v) is 4.07. The maximum atomic E-state index is 10.5. The molecule has 2 fully saturated rings. The van der Waals surface area contributed by atoms with Crippen LogP contribution in [-0.2, 0) is 4.74 Å². The molecule has 92 valence electrons. The molecule has 0 aromatic rings. The summed E-state index contributed by atoms with van der Waals surface area (Å²) in [4.78, 5) is 10.5. The van der Waals surface area contributed by atoms with Crippen LogP contribution >= 0.6 is 0 Å². The molecule has 2 rings (SSSR count). The molecule has 5 nitrogen and oxygen atoms in total. The molecule has 0 amide bonds. The van der Waals surface area contributed by atoms with Crippen molar-refractivity contribution in [2.75, 3.05) is 19.7 Å². The molecule has 0 saturated carbocycles. The Labute approximate surface area is 95.5 Å². The van der Waals surface area contributed by atoms with Crippen LogP contribution in [0.5, 0.6) is 0 Å². The summed E-state index contributed by atoms with van der Waals surface area (Å²) in [5, 5.41) is 15.6. The van der Waals surface area contributed by atoms with Gasteiger partial charge in [-0.3, -0.25) is 0 Å². The van der Waals surface area contributed by atoms with Crippen molar-refractivity contribution in [2.24, 2.45) is 5.41 Å². The summed E-state index contributed by atoms with van der Waals surface area (Å²) in [5.41, 5.74) is -0.209. The van der Waals surface area contributed by atoms with Crippen LogP contribution in [0.1, 0.15) is 26.7 Å². The van der Waals surface area contributed by atoms with Crippen molar-refractivity contribution in [1.82, 2.24) is 10.6 Å². The SMILES string of the molecule is CC(C)(COC(=O)O)C12CCC(CNC1)N2. The van der Waals surface area contributed by atoms with Crippen molar-refractivity contribution in [3.63, 3.8) is 0 Å². The maximum absolute atomic E-state index is 10.5. The van der Waals surface area contributed by atoms with Gasteiger partial charge >= 0.3 is 6.16 Å². The highest BCUT2D eigenvalue weighted by Crippen LogP contribution is 2.41. The second-order valence-corrected chi connectivity index (χ2v) is 5.53. The Bertz CT molecular complexity index is 289. The summed E-state index contributed by atoms with van der Waals surface area (Å²) < 4.78 is 4.75. The second kappa shape index (κ2) is 3.89. The van der Waals surface area contributed by atoms with E-state index in [-0.39, 0.29) is 17.6 Å². The van der Waals surface area contributed by atoms with Crippen LogP contribution < -0.4 is 10.6 Å². The van der Waals surface area contributed by atoms with E-state index in [0.717, 1.165) is 25.9 Å². The minimum atomic E-state index is -1.19. The van der Waals surface area contributed by atoms with Crippen molar-refractivity contribution >= 4 is 6.16 Å². The molecule has 0 aromatic heterocycles. The van der Waals surface area contributed by atoms with Crippen molar-refractivity contribution in [3.8, 4) is 0 Å². The van der Waals surface area contributed by atoms with Gasteiger partial charge in [0, 0.05) is 30.1 Å². The molecule has 16 heavy (non-hydrogen) atoms. The van der Waals surface area contributed by atoms with Crippen molar-refractivity contribution in [3.05, 3.63) is 0 Å². The molecule has 0 aliphatic carbocycles. The smallest absolute Gasteiger partial charge is 0.450 e. The quantitative estimate of drug-likeness (QED) is 0.623. The predicted molar refractivity (Wildman–Crippen MR) is 59.5 cm³/mol. The highest BCUT2D eigenvalue weighted by Gasteiger charge is 2.51. The molecule has 2 unspecified atom stereocenters. The Morgan fingerprint density at radius 1 is 1.62 bits per heavy atom. The first-order valence-electron chi connectivity index (χ1n) is 5.79. The van der Waals surface area contributed by atoms with Gasteiger partial charge < -0.3 is 20.5 Å². The molecular weight excluding hydrogens is 208 g/mol. The van der Waals surface area contributed by atoms with E-state index in [4.69, 9.17) is 9.84 Å². The monoisotopic (exact) mass is 228 g/mol. The predicted octanol–water partition coefficient (Wildman–Crippen LogP) is 0.801. The summed E-state index contributed by atoms with van der Waals surface area (Å²) >= 11 is 0. The van der Waals surface area contributed by atoms with Crippen LogP contribution in [0.15, 0.2) is 0 Å². The van der Waals surface area contributed by atoms with Gasteiger partial charge in [-0.05, 0) is 12.8 Å². The lowest BCUT2D eigenvalue weighted by atomic mass is 9.71. The highest BCUT2D eigenvalue weighted by atomic mass is 16.7. The molecule has 2 heterocycles. The van der Waals surface area contributed by atoms with E-state index in [1.165, 1.54) is 0 Å². The summed E-state index contributed by atoms with van der Waals surface area (Å²) in [6, 6.07) is 0.526. The summed E-state index contributed by atoms with van der Waals surface area (Å²) in [5.74, 6) is 0. The molecule has 0 radical (unpaired) electrons. The normalized spacial score (nSPS) is 33.8. The maximum Gasteiger partial charge on any atom is 0.505 e. The van der Waals surface area contributed by atoms with E-state index in [0.29, 0.717) is 6.04 Å². The van der Waals surface area contributed by atoms with E-state index < -0.39 is 6.16 Å². The van der Waals surface area contributed by atoms with Gasteiger partial charge in [0.15, 0.2) is 0 Å². The first kappa shape index (κ1) is 11.7. The van der Waals surface area contributed by atoms with Crippen LogP contribution in [0.25, 0.3) is 0 Å². The van der Waals surface area contributed by atoms with Crippen LogP contribution in [0, 0.1) is 5.41 Å². The highest BCUT2D eigenvalue weighted by molar-refractivity contribution is 5.56. The number of fused-ring (bicyclic) bond motifs is 2. The van der Waals surface area contributed by atoms with Crippen molar-refractivity contribution < 1.29 is 14.6 Å². The summed E-state index contributed by atoms with van der Waals surface area (Å²) in [6.07, 6.45) is 1.05. The number of piperazine rings is 1. The summed E-state index contributed by atoms with van der Waals surface area (Å²) in [6.45, 7) is 6.28. The molecule has 0 aromatic carbocycles. The molecule has 2 saturated heterocycles. The third kappa shape index (κ3) is 1.89. The molecule has 2 aliphatic heterocycles. The number of hydrogen-bond acceptors (Lipinski definition) is 4. The van der Waals surface area contributed by atoms with Crippen LogP contribution in [-0.4, -0.2) is 42.5 Å². The van der Waals surface area contributed by atoms with Gasteiger partial charge in [0.25, 0.3) is 0 Å². The van der Waals surface area contributed by atoms with Crippen molar-refractivity contribution in [2.45, 2.75) is 38.3 Å². The molecule has 5 heteroatoms. The Hall–Kier alpha value is -0.810. The first-order valence-corrected chi connectivity index (χ1v) is 5.79. The van der Waals surface area contributed by atoms with Gasteiger partial charge in [-0.1, -0.05) is 13.8 Å². The van der Waals surface area contributed by atoms with Gasteiger partial charge in [-0.15, -0.1) is 0 Å². The largest absolute Gasteiger partial charge is 0.505 e. The number of carboxylic acid groups (broad SMARTS) is 1. The number of rotatable bonds is 3. The number of ether oxygens (including phenoxy) is 1. The molecular formula is C11H20N2O3. The molecule has 2 bridgehead atoms.